The standard InChI is InChI=1S/C15H15FIN/c1-2-11-5-3-4-6-12(11)10-18-15-8-7-13(16)9-14(15)17/h3-9,18H,2,10H2,1H3. The summed E-state index contributed by atoms with van der Waals surface area (Å²) in [4.78, 5) is 0. The fourth-order valence-electron chi connectivity index (χ4n) is 1.90. The molecule has 0 fully saturated rings. The smallest absolute Gasteiger partial charge is 0.124 e. The van der Waals surface area contributed by atoms with Crippen molar-refractivity contribution < 1.29 is 4.39 Å². The predicted molar refractivity (Wildman–Crippen MR) is 82.3 cm³/mol. The maximum Gasteiger partial charge on any atom is 0.124 e. The van der Waals surface area contributed by atoms with E-state index >= 15 is 0 Å². The van der Waals surface area contributed by atoms with Gasteiger partial charge in [-0.3, -0.25) is 0 Å². The van der Waals surface area contributed by atoms with E-state index in [-0.39, 0.29) is 5.82 Å². The lowest BCUT2D eigenvalue weighted by Crippen LogP contribution is -2.03. The molecule has 0 radical (unpaired) electrons. The summed E-state index contributed by atoms with van der Waals surface area (Å²) in [5.41, 5.74) is 3.62. The molecular formula is C15H15FIN. The molecule has 0 aliphatic heterocycles. The topological polar surface area (TPSA) is 12.0 Å². The van der Waals surface area contributed by atoms with Gasteiger partial charge in [0.2, 0.25) is 0 Å². The molecule has 0 aliphatic rings. The van der Waals surface area contributed by atoms with E-state index in [1.807, 2.05) is 6.07 Å². The molecule has 2 rings (SSSR count). The lowest BCUT2D eigenvalue weighted by Gasteiger charge is -2.11. The van der Waals surface area contributed by atoms with Crippen LogP contribution in [0.3, 0.4) is 0 Å². The molecule has 0 amide bonds. The molecule has 18 heavy (non-hydrogen) atoms. The molecule has 2 aromatic carbocycles. The molecule has 0 saturated heterocycles. The highest BCUT2D eigenvalue weighted by atomic mass is 127. The van der Waals surface area contributed by atoms with Crippen LogP contribution in [0.1, 0.15) is 18.1 Å². The normalized spacial score (nSPS) is 10.4. The molecule has 0 saturated carbocycles. The van der Waals surface area contributed by atoms with Crippen LogP contribution in [0.4, 0.5) is 10.1 Å². The number of nitrogens with one attached hydrogen (secondary N) is 1. The van der Waals surface area contributed by atoms with Crippen LogP contribution in [0, 0.1) is 9.39 Å². The number of benzene rings is 2. The van der Waals surface area contributed by atoms with Crippen molar-refractivity contribution in [2.45, 2.75) is 19.9 Å². The van der Waals surface area contributed by atoms with Gasteiger partial charge in [-0.05, 0) is 58.3 Å². The minimum atomic E-state index is -0.195. The van der Waals surface area contributed by atoms with Gasteiger partial charge in [-0.15, -0.1) is 0 Å². The molecule has 2 aromatic rings. The van der Waals surface area contributed by atoms with Gasteiger partial charge in [0, 0.05) is 15.8 Å². The van der Waals surface area contributed by atoms with E-state index in [9.17, 15) is 4.39 Å². The van der Waals surface area contributed by atoms with Crippen molar-refractivity contribution >= 4 is 28.3 Å². The first-order chi connectivity index (χ1) is 8.70. The van der Waals surface area contributed by atoms with Crippen LogP contribution in [0.25, 0.3) is 0 Å². The summed E-state index contributed by atoms with van der Waals surface area (Å²) in [6.45, 7) is 2.92. The Morgan fingerprint density at radius 1 is 1.11 bits per heavy atom. The van der Waals surface area contributed by atoms with Gasteiger partial charge in [0.15, 0.2) is 0 Å². The van der Waals surface area contributed by atoms with Crippen LogP contribution >= 0.6 is 22.6 Å². The summed E-state index contributed by atoms with van der Waals surface area (Å²) in [5, 5.41) is 3.36. The van der Waals surface area contributed by atoms with Crippen LogP contribution in [0.15, 0.2) is 42.5 Å². The zero-order chi connectivity index (χ0) is 13.0. The second-order valence-electron chi connectivity index (χ2n) is 4.10. The molecule has 1 nitrogen and oxygen atoms in total. The Hall–Kier alpha value is -1.10. The van der Waals surface area contributed by atoms with Crippen LogP contribution in [-0.2, 0) is 13.0 Å². The summed E-state index contributed by atoms with van der Waals surface area (Å²) in [6.07, 6.45) is 1.03. The highest BCUT2D eigenvalue weighted by Gasteiger charge is 2.03. The highest BCUT2D eigenvalue weighted by Crippen LogP contribution is 2.20. The van der Waals surface area contributed by atoms with Crippen molar-refractivity contribution in [3.8, 4) is 0 Å². The van der Waals surface area contributed by atoms with Gasteiger partial charge in [0.05, 0.1) is 0 Å². The van der Waals surface area contributed by atoms with Gasteiger partial charge in [0.25, 0.3) is 0 Å². The Balaban J connectivity index is 2.11. The summed E-state index contributed by atoms with van der Waals surface area (Å²) in [6, 6.07) is 13.2. The van der Waals surface area contributed by atoms with Crippen molar-refractivity contribution in [3.05, 3.63) is 63.0 Å². The maximum absolute atomic E-state index is 13.0. The second kappa shape index (κ2) is 6.18. The Bertz CT molecular complexity index is 540. The number of halogens is 2. The first-order valence-electron chi connectivity index (χ1n) is 5.96. The summed E-state index contributed by atoms with van der Waals surface area (Å²) in [7, 11) is 0. The average molecular weight is 355 g/mol. The van der Waals surface area contributed by atoms with Crippen LogP contribution < -0.4 is 5.32 Å². The maximum atomic E-state index is 13.0. The first kappa shape index (κ1) is 13.3. The number of hydrogen-bond donors (Lipinski definition) is 1. The minimum absolute atomic E-state index is 0.195. The lowest BCUT2D eigenvalue weighted by molar-refractivity contribution is 0.627. The summed E-state index contributed by atoms with van der Waals surface area (Å²) >= 11 is 2.14. The quantitative estimate of drug-likeness (QED) is 0.791. The van der Waals surface area contributed by atoms with Gasteiger partial charge < -0.3 is 5.32 Å². The largest absolute Gasteiger partial charge is 0.380 e. The fourth-order valence-corrected chi connectivity index (χ4v) is 2.57. The summed E-state index contributed by atoms with van der Waals surface area (Å²) < 4.78 is 13.9. The molecular weight excluding hydrogens is 340 g/mol. The summed E-state index contributed by atoms with van der Waals surface area (Å²) in [5.74, 6) is -0.195. The zero-order valence-electron chi connectivity index (χ0n) is 10.2. The van der Waals surface area contributed by atoms with E-state index in [2.05, 4.69) is 53.0 Å². The molecule has 0 unspecified atom stereocenters. The molecule has 0 spiro atoms. The van der Waals surface area contributed by atoms with Crippen molar-refractivity contribution in [2.24, 2.45) is 0 Å². The van der Waals surface area contributed by atoms with Crippen molar-refractivity contribution in [3.63, 3.8) is 0 Å². The monoisotopic (exact) mass is 355 g/mol. The SMILES string of the molecule is CCc1ccccc1CNc1ccc(F)cc1I. The molecule has 3 heteroatoms. The van der Waals surface area contributed by atoms with Crippen molar-refractivity contribution in [2.75, 3.05) is 5.32 Å². The van der Waals surface area contributed by atoms with Gasteiger partial charge in [0.1, 0.15) is 5.82 Å². The third kappa shape index (κ3) is 3.22. The molecule has 0 aromatic heterocycles. The molecule has 0 aliphatic carbocycles. The van der Waals surface area contributed by atoms with E-state index in [0.717, 1.165) is 22.2 Å². The fraction of sp³-hybridized carbons (Fsp3) is 0.200. The number of aryl methyl sites for hydroxylation is 1. The first-order valence-corrected chi connectivity index (χ1v) is 7.04. The third-order valence-corrected chi connectivity index (χ3v) is 3.79. The van der Waals surface area contributed by atoms with Gasteiger partial charge in [-0.1, -0.05) is 31.2 Å². The van der Waals surface area contributed by atoms with Crippen LogP contribution in [0.2, 0.25) is 0 Å². The molecule has 94 valence electrons. The molecule has 0 bridgehead atoms. The Kier molecular flexibility index (Phi) is 4.58. The molecule has 0 atom stereocenters. The minimum Gasteiger partial charge on any atom is -0.380 e. The van der Waals surface area contributed by atoms with Gasteiger partial charge in [-0.2, -0.15) is 0 Å². The van der Waals surface area contributed by atoms with E-state index in [4.69, 9.17) is 0 Å². The van der Waals surface area contributed by atoms with E-state index in [1.54, 1.807) is 6.07 Å². The van der Waals surface area contributed by atoms with Gasteiger partial charge >= 0.3 is 0 Å². The molecule has 1 N–H and O–H groups in total. The lowest BCUT2D eigenvalue weighted by atomic mass is 10.1. The van der Waals surface area contributed by atoms with Crippen molar-refractivity contribution in [1.29, 1.82) is 0 Å². The third-order valence-electron chi connectivity index (χ3n) is 2.90. The number of rotatable bonds is 4. The van der Waals surface area contributed by atoms with Crippen molar-refractivity contribution in [1.82, 2.24) is 0 Å². The number of anilines is 1. The zero-order valence-corrected chi connectivity index (χ0v) is 12.4. The average Bonchev–Trinajstić information content (AvgIpc) is 2.38. The van der Waals surface area contributed by atoms with Crippen LogP contribution in [0.5, 0.6) is 0 Å². The second-order valence-corrected chi connectivity index (χ2v) is 5.26. The molecule has 0 heterocycles. The number of hydrogen-bond acceptors (Lipinski definition) is 1. The van der Waals surface area contributed by atoms with E-state index in [1.165, 1.54) is 23.3 Å². The van der Waals surface area contributed by atoms with E-state index < -0.39 is 0 Å². The highest BCUT2D eigenvalue weighted by molar-refractivity contribution is 14.1. The Morgan fingerprint density at radius 2 is 1.83 bits per heavy atom. The predicted octanol–water partition coefficient (Wildman–Crippen LogP) is 4.60. The van der Waals surface area contributed by atoms with E-state index in [0.29, 0.717) is 0 Å². The Morgan fingerprint density at radius 3 is 2.50 bits per heavy atom. The van der Waals surface area contributed by atoms with Crippen LogP contribution in [-0.4, -0.2) is 0 Å². The van der Waals surface area contributed by atoms with Gasteiger partial charge in [-0.25, -0.2) is 4.39 Å². The Labute approximate surface area is 121 Å².